The summed E-state index contributed by atoms with van der Waals surface area (Å²) in [5, 5.41) is 1.48. The van der Waals surface area contributed by atoms with Crippen molar-refractivity contribution in [1.29, 1.82) is 0 Å². The maximum absolute atomic E-state index is 15.1. The average Bonchev–Trinajstić information content (AvgIpc) is 2.83. The summed E-state index contributed by atoms with van der Waals surface area (Å²) in [6.45, 7) is 5.90. The first-order chi connectivity index (χ1) is 15.2. The van der Waals surface area contributed by atoms with Gasteiger partial charge in [0.1, 0.15) is 5.82 Å². The van der Waals surface area contributed by atoms with Gasteiger partial charge in [0.2, 0.25) is 0 Å². The van der Waals surface area contributed by atoms with Crippen LogP contribution in [0.4, 0.5) is 4.39 Å². The van der Waals surface area contributed by atoms with Gasteiger partial charge in [-0.25, -0.2) is 4.39 Å². The third kappa shape index (κ3) is 4.76. The van der Waals surface area contributed by atoms with Crippen molar-refractivity contribution in [3.63, 3.8) is 0 Å². The van der Waals surface area contributed by atoms with Gasteiger partial charge in [0, 0.05) is 10.9 Å². The van der Waals surface area contributed by atoms with Gasteiger partial charge < -0.3 is 0 Å². The minimum atomic E-state index is -0.262. The lowest BCUT2D eigenvalue weighted by Gasteiger charge is -2.07. The highest BCUT2D eigenvalue weighted by molar-refractivity contribution is 5.89. The minimum Gasteiger partial charge on any atom is -0.205 e. The molecule has 0 unspecified atom stereocenters. The van der Waals surface area contributed by atoms with Crippen molar-refractivity contribution >= 4 is 10.8 Å². The van der Waals surface area contributed by atoms with Gasteiger partial charge in [0.15, 0.2) is 0 Å². The minimum absolute atomic E-state index is 0.262. The smallest absolute Gasteiger partial charge is 0.146 e. The molecule has 0 saturated heterocycles. The van der Waals surface area contributed by atoms with Crippen molar-refractivity contribution in [2.24, 2.45) is 0 Å². The summed E-state index contributed by atoms with van der Waals surface area (Å²) in [5.74, 6) is 5.81. The maximum atomic E-state index is 15.1. The summed E-state index contributed by atoms with van der Waals surface area (Å²) >= 11 is 0. The summed E-state index contributed by atoms with van der Waals surface area (Å²) < 4.78 is 15.1. The zero-order valence-corrected chi connectivity index (χ0v) is 17.8. The van der Waals surface area contributed by atoms with Gasteiger partial charge in [0.05, 0.1) is 5.56 Å². The van der Waals surface area contributed by atoms with E-state index in [1.807, 2.05) is 42.5 Å². The molecule has 0 bridgehead atoms. The molecule has 152 valence electrons. The van der Waals surface area contributed by atoms with Crippen LogP contribution in [0.2, 0.25) is 0 Å². The first-order valence-electron chi connectivity index (χ1n) is 10.7. The molecule has 0 saturated carbocycles. The van der Waals surface area contributed by atoms with Crippen molar-refractivity contribution in [2.75, 3.05) is 0 Å². The Labute approximate surface area is 184 Å². The molecule has 1 heteroatoms. The fourth-order valence-electron chi connectivity index (χ4n) is 3.66. The molecule has 0 N–H and O–H groups in total. The van der Waals surface area contributed by atoms with E-state index < -0.39 is 0 Å². The predicted molar refractivity (Wildman–Crippen MR) is 130 cm³/mol. The number of aryl methyl sites for hydroxylation is 2. The molecule has 0 radical (unpaired) electrons. The van der Waals surface area contributed by atoms with Gasteiger partial charge in [-0.05, 0) is 71.2 Å². The number of benzene rings is 4. The van der Waals surface area contributed by atoms with Crippen LogP contribution in [0, 0.1) is 17.7 Å². The number of halogens is 1. The lowest BCUT2D eigenvalue weighted by molar-refractivity contribution is 0.636. The number of hydrogen-bond donors (Lipinski definition) is 0. The van der Waals surface area contributed by atoms with Gasteiger partial charge in [-0.2, -0.15) is 0 Å². The van der Waals surface area contributed by atoms with Crippen LogP contribution in [0.1, 0.15) is 35.6 Å². The fraction of sp³-hybridized carbons (Fsp3) is 0.133. The van der Waals surface area contributed by atoms with Crippen molar-refractivity contribution in [1.82, 2.24) is 0 Å². The predicted octanol–water partition coefficient (Wildman–Crippen LogP) is 7.73. The highest BCUT2D eigenvalue weighted by atomic mass is 19.1. The van der Waals surface area contributed by atoms with Crippen LogP contribution in [-0.4, -0.2) is 0 Å². The van der Waals surface area contributed by atoms with E-state index in [2.05, 4.69) is 61.7 Å². The van der Waals surface area contributed by atoms with Crippen LogP contribution < -0.4 is 0 Å². The number of rotatable bonds is 5. The highest BCUT2D eigenvalue weighted by Crippen LogP contribution is 2.27. The third-order valence-electron chi connectivity index (χ3n) is 5.58. The Hall–Kier alpha value is -3.63. The van der Waals surface area contributed by atoms with Crippen molar-refractivity contribution < 1.29 is 4.39 Å². The third-order valence-corrected chi connectivity index (χ3v) is 5.58. The van der Waals surface area contributed by atoms with Crippen LogP contribution in [0.5, 0.6) is 0 Å². The number of hydrogen-bond acceptors (Lipinski definition) is 0. The SMILES string of the molecule is C=CCCc1ccc(-c2ccc3c(F)c(C#Cc4ccc(CC)cc4)ccc3c2)cc1. The molecule has 0 heterocycles. The lowest BCUT2D eigenvalue weighted by Crippen LogP contribution is -1.88. The first kappa shape index (κ1) is 20.6. The number of allylic oxidation sites excluding steroid dienone is 1. The molecular formula is C30H25F. The van der Waals surface area contributed by atoms with Gasteiger partial charge in [0.25, 0.3) is 0 Å². The maximum Gasteiger partial charge on any atom is 0.146 e. The van der Waals surface area contributed by atoms with Crippen LogP contribution in [0.15, 0.2) is 91.5 Å². The van der Waals surface area contributed by atoms with Crippen molar-refractivity contribution in [3.05, 3.63) is 120 Å². The first-order valence-corrected chi connectivity index (χ1v) is 10.7. The zero-order valence-electron chi connectivity index (χ0n) is 17.8. The molecular weight excluding hydrogens is 379 g/mol. The molecule has 0 fully saturated rings. The molecule has 0 aliphatic carbocycles. The second kappa shape index (κ2) is 9.45. The summed E-state index contributed by atoms with van der Waals surface area (Å²) in [7, 11) is 0. The molecule has 0 nitrogen and oxygen atoms in total. The van der Waals surface area contributed by atoms with E-state index in [0.29, 0.717) is 10.9 Å². The molecule has 31 heavy (non-hydrogen) atoms. The van der Waals surface area contributed by atoms with Crippen molar-refractivity contribution in [3.8, 4) is 23.0 Å². The zero-order chi connectivity index (χ0) is 21.6. The van der Waals surface area contributed by atoms with Crippen LogP contribution >= 0.6 is 0 Å². The van der Waals surface area contributed by atoms with Crippen LogP contribution in [0.25, 0.3) is 21.9 Å². The van der Waals surface area contributed by atoms with Crippen molar-refractivity contribution in [2.45, 2.75) is 26.2 Å². The Balaban J connectivity index is 1.60. The van der Waals surface area contributed by atoms with Crippen LogP contribution in [0.3, 0.4) is 0 Å². The highest BCUT2D eigenvalue weighted by Gasteiger charge is 2.07. The second-order valence-corrected chi connectivity index (χ2v) is 7.69. The van der Waals surface area contributed by atoms with E-state index in [4.69, 9.17) is 0 Å². The van der Waals surface area contributed by atoms with E-state index in [1.54, 1.807) is 6.07 Å². The summed E-state index contributed by atoms with van der Waals surface area (Å²) in [6.07, 6.45) is 4.91. The Morgan fingerprint density at radius 2 is 1.52 bits per heavy atom. The Kier molecular flexibility index (Phi) is 6.29. The summed E-state index contributed by atoms with van der Waals surface area (Å²) in [4.78, 5) is 0. The number of fused-ring (bicyclic) bond motifs is 1. The normalized spacial score (nSPS) is 10.5. The molecule has 4 aromatic rings. The second-order valence-electron chi connectivity index (χ2n) is 7.69. The summed E-state index contributed by atoms with van der Waals surface area (Å²) in [5.41, 5.74) is 6.09. The van der Waals surface area contributed by atoms with Gasteiger partial charge in [-0.3, -0.25) is 0 Å². The standard InChI is InChI=1S/C30H25F/c1-3-5-6-23-11-14-25(15-12-23)27-19-20-29-28(21-27)18-17-26(30(29)31)16-13-24-9-7-22(4-2)8-10-24/h3,7-12,14-15,17-21H,1,4-6H2,2H3. The van der Waals surface area contributed by atoms with Crippen LogP contribution in [-0.2, 0) is 12.8 Å². The molecule has 0 amide bonds. The van der Waals surface area contributed by atoms with E-state index in [-0.39, 0.29) is 5.82 Å². The Bertz CT molecular complexity index is 1270. The molecule has 4 aromatic carbocycles. The molecule has 0 aliphatic rings. The lowest BCUT2D eigenvalue weighted by atomic mass is 9.98. The monoisotopic (exact) mass is 404 g/mol. The van der Waals surface area contributed by atoms with Gasteiger partial charge in [-0.1, -0.05) is 79.4 Å². The molecule has 0 atom stereocenters. The Morgan fingerprint density at radius 3 is 2.23 bits per heavy atom. The topological polar surface area (TPSA) is 0 Å². The molecule has 0 spiro atoms. The van der Waals surface area contributed by atoms with E-state index in [9.17, 15) is 0 Å². The quantitative estimate of drug-likeness (QED) is 0.236. The largest absolute Gasteiger partial charge is 0.205 e. The van der Waals surface area contributed by atoms with Gasteiger partial charge in [-0.15, -0.1) is 6.58 Å². The van der Waals surface area contributed by atoms with E-state index in [0.717, 1.165) is 41.3 Å². The van der Waals surface area contributed by atoms with E-state index >= 15 is 4.39 Å². The van der Waals surface area contributed by atoms with E-state index in [1.165, 1.54) is 11.1 Å². The average molecular weight is 405 g/mol. The van der Waals surface area contributed by atoms with Gasteiger partial charge >= 0.3 is 0 Å². The fourth-order valence-corrected chi connectivity index (χ4v) is 3.66. The molecule has 0 aliphatic heterocycles. The molecule has 4 rings (SSSR count). The summed E-state index contributed by atoms with van der Waals surface area (Å²) in [6, 6.07) is 26.2. The Morgan fingerprint density at radius 1 is 0.806 bits per heavy atom. The molecule has 0 aromatic heterocycles.